The third-order valence-electron chi connectivity index (χ3n) is 6.54. The average Bonchev–Trinajstić information content (AvgIpc) is 3.35. The number of halogens is 1. The minimum absolute atomic E-state index is 0.0799. The molecule has 1 aliphatic rings. The number of aromatic hydroxyl groups is 1. The Morgan fingerprint density at radius 3 is 2.77 bits per heavy atom. The second kappa shape index (κ2) is 10.7. The molecule has 6 nitrogen and oxygen atoms in total. The van der Waals surface area contributed by atoms with Crippen LogP contribution in [0.5, 0.6) is 11.5 Å². The van der Waals surface area contributed by atoms with E-state index in [2.05, 4.69) is 31.0 Å². The summed E-state index contributed by atoms with van der Waals surface area (Å²) in [7, 11) is 0. The van der Waals surface area contributed by atoms with Gasteiger partial charge in [0.1, 0.15) is 22.9 Å². The monoisotopic (exact) mass is 495 g/mol. The second-order valence-corrected chi connectivity index (χ2v) is 10.1. The van der Waals surface area contributed by atoms with E-state index in [1.807, 2.05) is 36.1 Å². The van der Waals surface area contributed by atoms with Crippen molar-refractivity contribution in [2.45, 2.75) is 59.4 Å². The van der Waals surface area contributed by atoms with E-state index in [1.54, 1.807) is 12.1 Å². The van der Waals surface area contributed by atoms with Gasteiger partial charge in [-0.3, -0.25) is 9.89 Å². The van der Waals surface area contributed by atoms with Crippen molar-refractivity contribution in [2.75, 3.05) is 13.2 Å². The minimum atomic E-state index is -0.337. The van der Waals surface area contributed by atoms with Crippen LogP contribution in [0.1, 0.15) is 79.7 Å². The number of aromatic nitrogens is 2. The maximum atomic E-state index is 13.5. The number of benzene rings is 2. The van der Waals surface area contributed by atoms with Crippen molar-refractivity contribution in [3.8, 4) is 22.8 Å². The summed E-state index contributed by atoms with van der Waals surface area (Å²) in [5.74, 6) is 1.35. The lowest BCUT2D eigenvalue weighted by atomic mass is 9.95. The zero-order valence-electron chi connectivity index (χ0n) is 20.9. The summed E-state index contributed by atoms with van der Waals surface area (Å²) in [4.78, 5) is 15.4. The van der Waals surface area contributed by atoms with Crippen LogP contribution in [-0.4, -0.2) is 39.3 Å². The Morgan fingerprint density at radius 1 is 1.23 bits per heavy atom. The molecule has 0 aliphatic carbocycles. The van der Waals surface area contributed by atoms with Gasteiger partial charge < -0.3 is 14.7 Å². The van der Waals surface area contributed by atoms with E-state index in [9.17, 15) is 9.90 Å². The number of rotatable bonds is 10. The van der Waals surface area contributed by atoms with Gasteiger partial charge in [-0.15, -0.1) is 0 Å². The minimum Gasteiger partial charge on any atom is -0.507 e. The van der Waals surface area contributed by atoms with Gasteiger partial charge in [-0.25, -0.2) is 0 Å². The Hall–Kier alpha value is -2.99. The van der Waals surface area contributed by atoms with Crippen LogP contribution in [0.3, 0.4) is 0 Å². The molecule has 1 aliphatic heterocycles. The summed E-state index contributed by atoms with van der Waals surface area (Å²) in [5, 5.41) is 18.7. The standard InChI is InChI=1S/C28H34ClN3O3/c1-5-6-7-12-32-27(19-9-8-10-20(15-19)35-13-11-17(2)3)24-25(30-31-26(24)28(32)34)21-16-22(29)18(4)14-23(21)33/h8-10,14-17,27,33H,5-7,11-13H2,1-4H3,(H,30,31). The first-order chi connectivity index (χ1) is 16.8. The van der Waals surface area contributed by atoms with Crippen LogP contribution < -0.4 is 4.74 Å². The highest BCUT2D eigenvalue weighted by Crippen LogP contribution is 2.45. The molecule has 4 rings (SSSR count). The smallest absolute Gasteiger partial charge is 0.273 e. The Labute approximate surface area is 212 Å². The lowest BCUT2D eigenvalue weighted by Crippen LogP contribution is -2.30. The molecule has 0 fully saturated rings. The molecule has 7 heteroatoms. The van der Waals surface area contributed by atoms with Crippen LogP contribution in [0.2, 0.25) is 5.02 Å². The highest BCUT2D eigenvalue weighted by Gasteiger charge is 2.42. The highest BCUT2D eigenvalue weighted by atomic mass is 35.5. The number of phenolic OH excluding ortho intramolecular Hbond substituents is 1. The number of aryl methyl sites for hydroxylation is 1. The van der Waals surface area contributed by atoms with Gasteiger partial charge >= 0.3 is 0 Å². The molecule has 0 radical (unpaired) electrons. The fourth-order valence-electron chi connectivity index (χ4n) is 4.55. The number of fused-ring (bicyclic) bond motifs is 1. The molecule has 186 valence electrons. The lowest BCUT2D eigenvalue weighted by Gasteiger charge is -2.27. The van der Waals surface area contributed by atoms with Gasteiger partial charge in [0.05, 0.1) is 12.6 Å². The van der Waals surface area contributed by atoms with E-state index >= 15 is 0 Å². The number of aromatic amines is 1. The Bertz CT molecular complexity index is 1200. The molecule has 1 aromatic heterocycles. The summed E-state index contributed by atoms with van der Waals surface area (Å²) < 4.78 is 6.03. The summed E-state index contributed by atoms with van der Waals surface area (Å²) in [5.41, 5.74) is 4.01. The Balaban J connectivity index is 1.78. The van der Waals surface area contributed by atoms with Crippen molar-refractivity contribution in [1.82, 2.24) is 15.1 Å². The molecule has 35 heavy (non-hydrogen) atoms. The number of H-pyrrole nitrogens is 1. The number of nitrogens with zero attached hydrogens (tertiary/aromatic N) is 2. The zero-order chi connectivity index (χ0) is 25.1. The van der Waals surface area contributed by atoms with Crippen molar-refractivity contribution < 1.29 is 14.6 Å². The molecule has 1 atom stereocenters. The number of amides is 1. The fraction of sp³-hybridized carbons (Fsp3) is 0.429. The Morgan fingerprint density at radius 2 is 2.03 bits per heavy atom. The molecule has 1 unspecified atom stereocenters. The van der Waals surface area contributed by atoms with Crippen LogP contribution in [0.15, 0.2) is 36.4 Å². The largest absolute Gasteiger partial charge is 0.507 e. The summed E-state index contributed by atoms with van der Waals surface area (Å²) >= 11 is 6.40. The number of hydrogen-bond acceptors (Lipinski definition) is 4. The van der Waals surface area contributed by atoms with Crippen molar-refractivity contribution in [2.24, 2.45) is 5.92 Å². The summed E-state index contributed by atoms with van der Waals surface area (Å²) in [6.07, 6.45) is 4.00. The predicted octanol–water partition coefficient (Wildman–Crippen LogP) is 6.90. The molecule has 2 heterocycles. The van der Waals surface area contributed by atoms with Gasteiger partial charge in [-0.05, 0) is 61.1 Å². The van der Waals surface area contributed by atoms with Crippen LogP contribution in [0.25, 0.3) is 11.3 Å². The molecular weight excluding hydrogens is 462 g/mol. The first-order valence-electron chi connectivity index (χ1n) is 12.4. The van der Waals surface area contributed by atoms with E-state index < -0.39 is 0 Å². The summed E-state index contributed by atoms with van der Waals surface area (Å²) in [6.45, 7) is 9.62. The molecule has 2 N–H and O–H groups in total. The zero-order valence-corrected chi connectivity index (χ0v) is 21.7. The average molecular weight is 496 g/mol. The molecule has 0 bridgehead atoms. The summed E-state index contributed by atoms with van der Waals surface area (Å²) in [6, 6.07) is 11.0. The van der Waals surface area contributed by atoms with Crippen LogP contribution in [0.4, 0.5) is 0 Å². The number of ether oxygens (including phenoxy) is 1. The quantitative estimate of drug-likeness (QED) is 0.300. The topological polar surface area (TPSA) is 78.5 Å². The Kier molecular flexibility index (Phi) is 7.70. The number of hydrogen-bond donors (Lipinski definition) is 2. The molecule has 0 spiro atoms. The van der Waals surface area contributed by atoms with E-state index in [0.717, 1.165) is 48.1 Å². The van der Waals surface area contributed by atoms with E-state index in [-0.39, 0.29) is 17.7 Å². The second-order valence-electron chi connectivity index (χ2n) is 9.69. The third kappa shape index (κ3) is 5.18. The number of phenols is 1. The van der Waals surface area contributed by atoms with Gasteiger partial charge in [0.25, 0.3) is 5.91 Å². The lowest BCUT2D eigenvalue weighted by molar-refractivity contribution is 0.0740. The molecule has 0 saturated heterocycles. The SMILES string of the molecule is CCCCCN1C(=O)c2[nH]nc(-c3cc(Cl)c(C)cc3O)c2C1c1cccc(OCCC(C)C)c1. The number of nitrogens with one attached hydrogen (secondary N) is 1. The first-order valence-corrected chi connectivity index (χ1v) is 12.8. The normalized spacial score (nSPS) is 15.2. The number of carbonyl (C=O) groups is 1. The van der Waals surface area contributed by atoms with Crippen LogP contribution in [-0.2, 0) is 0 Å². The van der Waals surface area contributed by atoms with Crippen molar-refractivity contribution in [1.29, 1.82) is 0 Å². The maximum Gasteiger partial charge on any atom is 0.273 e. The number of unbranched alkanes of at least 4 members (excludes halogenated alkanes) is 2. The molecule has 3 aromatic rings. The van der Waals surface area contributed by atoms with Gasteiger partial charge in [0.15, 0.2) is 0 Å². The van der Waals surface area contributed by atoms with Crippen molar-refractivity contribution in [3.05, 3.63) is 63.8 Å². The maximum absolute atomic E-state index is 13.5. The van der Waals surface area contributed by atoms with E-state index in [0.29, 0.717) is 41.0 Å². The fourth-order valence-corrected chi connectivity index (χ4v) is 4.72. The van der Waals surface area contributed by atoms with Gasteiger partial charge in [0, 0.05) is 22.7 Å². The van der Waals surface area contributed by atoms with E-state index in [4.69, 9.17) is 16.3 Å². The molecule has 2 aromatic carbocycles. The van der Waals surface area contributed by atoms with Gasteiger partial charge in [-0.2, -0.15) is 5.10 Å². The molecule has 0 saturated carbocycles. The van der Waals surface area contributed by atoms with Crippen LogP contribution in [0, 0.1) is 12.8 Å². The van der Waals surface area contributed by atoms with Crippen LogP contribution >= 0.6 is 11.6 Å². The first kappa shape index (κ1) is 25.1. The molecule has 1 amide bonds. The highest BCUT2D eigenvalue weighted by molar-refractivity contribution is 6.31. The third-order valence-corrected chi connectivity index (χ3v) is 6.94. The van der Waals surface area contributed by atoms with E-state index in [1.165, 1.54) is 0 Å². The molecular formula is C28H34ClN3O3. The van der Waals surface area contributed by atoms with Gasteiger partial charge in [0.2, 0.25) is 0 Å². The number of carbonyl (C=O) groups excluding carboxylic acids is 1. The predicted molar refractivity (Wildman–Crippen MR) is 139 cm³/mol. The van der Waals surface area contributed by atoms with Crippen molar-refractivity contribution >= 4 is 17.5 Å². The van der Waals surface area contributed by atoms with Gasteiger partial charge in [-0.1, -0.05) is 57.3 Å². The van der Waals surface area contributed by atoms with Crippen molar-refractivity contribution in [3.63, 3.8) is 0 Å².